The van der Waals surface area contributed by atoms with E-state index in [1.54, 1.807) is 7.11 Å². The molecule has 0 unspecified atom stereocenters. The number of ether oxygens (including phenoxy) is 1. The van der Waals surface area contributed by atoms with E-state index < -0.39 is 0 Å². The fraction of sp³-hybridized carbons (Fsp3) is 0.400. The van der Waals surface area contributed by atoms with Gasteiger partial charge in [0.15, 0.2) is 6.29 Å². The van der Waals surface area contributed by atoms with Gasteiger partial charge in [-0.3, -0.25) is 4.79 Å². The number of carbonyl (C=O) groups is 1. The van der Waals surface area contributed by atoms with E-state index in [4.69, 9.17) is 4.74 Å². The molecule has 0 aliphatic rings. The van der Waals surface area contributed by atoms with Gasteiger partial charge in [-0.05, 0) is 47.1 Å². The fourth-order valence-electron chi connectivity index (χ4n) is 3.74. The molecule has 0 atom stereocenters. The Morgan fingerprint density at radius 1 is 0.964 bits per heavy atom. The normalized spacial score (nSPS) is 12.4. The highest BCUT2D eigenvalue weighted by Gasteiger charge is 2.27. The second-order valence-electron chi connectivity index (χ2n) is 9.61. The zero-order chi connectivity index (χ0) is 20.9. The molecule has 2 aromatic heterocycles. The number of carbonyl (C=O) groups excluding carboxylic acids is 1. The third kappa shape index (κ3) is 3.34. The summed E-state index contributed by atoms with van der Waals surface area (Å²) in [5.41, 5.74) is 7.01. The van der Waals surface area contributed by atoms with Crippen LogP contribution < -0.4 is 4.74 Å². The van der Waals surface area contributed by atoms with Gasteiger partial charge in [-0.15, -0.1) is 0 Å². The van der Waals surface area contributed by atoms with Crippen LogP contribution in [-0.4, -0.2) is 17.8 Å². The highest BCUT2D eigenvalue weighted by molar-refractivity contribution is 5.92. The van der Waals surface area contributed by atoms with E-state index in [1.807, 2.05) is 16.7 Å². The molecule has 3 aromatic rings. The second kappa shape index (κ2) is 6.80. The van der Waals surface area contributed by atoms with Crippen LogP contribution in [0.3, 0.4) is 0 Å². The zero-order valence-electron chi connectivity index (χ0n) is 18.3. The number of aldehydes is 1. The minimum atomic E-state index is -0.0855. The highest BCUT2D eigenvalue weighted by Crippen LogP contribution is 2.44. The average Bonchev–Trinajstić information content (AvgIpc) is 2.98. The lowest BCUT2D eigenvalue weighted by molar-refractivity contribution is 0.111. The van der Waals surface area contributed by atoms with Crippen LogP contribution in [0.15, 0.2) is 36.5 Å². The van der Waals surface area contributed by atoms with Gasteiger partial charge in [0.2, 0.25) is 0 Å². The van der Waals surface area contributed by atoms with E-state index in [1.165, 1.54) is 5.56 Å². The minimum Gasteiger partial charge on any atom is -0.496 e. The predicted octanol–water partition coefficient (Wildman–Crippen LogP) is 6.33. The lowest BCUT2D eigenvalue weighted by Gasteiger charge is -2.29. The van der Waals surface area contributed by atoms with Gasteiger partial charge in [0, 0.05) is 28.4 Å². The summed E-state index contributed by atoms with van der Waals surface area (Å²) < 4.78 is 7.90. The molecule has 0 amide bonds. The number of fused-ring (bicyclic) bond motifs is 1. The Morgan fingerprint density at radius 3 is 2.18 bits per heavy atom. The van der Waals surface area contributed by atoms with Gasteiger partial charge in [-0.25, -0.2) is 0 Å². The molecule has 0 N–H and O–H groups in total. The summed E-state index contributed by atoms with van der Waals surface area (Å²) in [7, 11) is 1.71. The number of methoxy groups -OCH3 is 1. The number of nitrogens with zero attached hydrogens (tertiary/aromatic N) is 1. The van der Waals surface area contributed by atoms with Crippen LogP contribution in [0.1, 0.15) is 68.7 Å². The quantitative estimate of drug-likeness (QED) is 0.499. The molecule has 3 heteroatoms. The zero-order valence-corrected chi connectivity index (χ0v) is 18.3. The molecular weight excluding hydrogens is 346 g/mol. The fourth-order valence-corrected chi connectivity index (χ4v) is 3.74. The molecule has 0 aliphatic carbocycles. The van der Waals surface area contributed by atoms with Crippen LogP contribution in [0.2, 0.25) is 0 Å². The number of rotatable bonds is 3. The summed E-state index contributed by atoms with van der Waals surface area (Å²) in [5, 5.41) is 0. The largest absolute Gasteiger partial charge is 0.496 e. The van der Waals surface area contributed by atoms with E-state index >= 15 is 0 Å². The molecule has 0 fully saturated rings. The maximum absolute atomic E-state index is 12.1. The van der Waals surface area contributed by atoms with E-state index in [2.05, 4.69) is 72.7 Å². The van der Waals surface area contributed by atoms with Gasteiger partial charge in [0.1, 0.15) is 5.75 Å². The standard InChI is InChI=1S/C25H31NO2/c1-16-10-9-11-26-21(16)14-18(22(26)15-27)19-12-17(24(2,3)4)13-20(23(19)28-8)25(5,6)7/h9-15H,1-8H3. The second-order valence-corrected chi connectivity index (χ2v) is 9.61. The number of hydrogen-bond acceptors (Lipinski definition) is 2. The molecule has 0 radical (unpaired) electrons. The molecule has 148 valence electrons. The predicted molar refractivity (Wildman–Crippen MR) is 117 cm³/mol. The SMILES string of the molecule is COc1c(-c2cc3c(C)cccn3c2C=O)cc(C(C)(C)C)cc1C(C)(C)C. The number of hydrogen-bond donors (Lipinski definition) is 0. The first-order valence-electron chi connectivity index (χ1n) is 9.78. The monoisotopic (exact) mass is 377 g/mol. The highest BCUT2D eigenvalue weighted by atomic mass is 16.5. The van der Waals surface area contributed by atoms with Crippen molar-refractivity contribution in [1.82, 2.24) is 4.40 Å². The molecule has 0 bridgehead atoms. The summed E-state index contributed by atoms with van der Waals surface area (Å²) in [6.45, 7) is 15.3. The summed E-state index contributed by atoms with van der Waals surface area (Å²) in [6.07, 6.45) is 2.89. The maximum Gasteiger partial charge on any atom is 0.167 e. The minimum absolute atomic E-state index is 0.0164. The van der Waals surface area contributed by atoms with Crippen molar-refractivity contribution in [1.29, 1.82) is 0 Å². The average molecular weight is 378 g/mol. The Morgan fingerprint density at radius 2 is 1.64 bits per heavy atom. The van der Waals surface area contributed by atoms with Crippen molar-refractivity contribution in [2.45, 2.75) is 59.3 Å². The Labute approximate surface area is 168 Å². The lowest BCUT2D eigenvalue weighted by atomic mass is 9.78. The van der Waals surface area contributed by atoms with Crippen molar-refractivity contribution in [3.63, 3.8) is 0 Å². The van der Waals surface area contributed by atoms with Crippen LogP contribution in [0, 0.1) is 6.92 Å². The molecule has 28 heavy (non-hydrogen) atoms. The first-order valence-corrected chi connectivity index (χ1v) is 9.78. The molecule has 0 spiro atoms. The van der Waals surface area contributed by atoms with E-state index in [0.29, 0.717) is 5.69 Å². The molecule has 1 aromatic carbocycles. The topological polar surface area (TPSA) is 30.7 Å². The van der Waals surface area contributed by atoms with Gasteiger partial charge < -0.3 is 9.14 Å². The van der Waals surface area contributed by atoms with Gasteiger partial charge in [-0.1, -0.05) is 53.7 Å². The van der Waals surface area contributed by atoms with Crippen LogP contribution in [0.4, 0.5) is 0 Å². The Kier molecular flexibility index (Phi) is 4.91. The van der Waals surface area contributed by atoms with Crippen molar-refractivity contribution < 1.29 is 9.53 Å². The smallest absolute Gasteiger partial charge is 0.167 e. The van der Waals surface area contributed by atoms with Crippen LogP contribution in [0.5, 0.6) is 5.75 Å². The van der Waals surface area contributed by atoms with Crippen molar-refractivity contribution in [2.24, 2.45) is 0 Å². The molecule has 0 aliphatic heterocycles. The van der Waals surface area contributed by atoms with Crippen molar-refractivity contribution in [3.05, 3.63) is 58.9 Å². The summed E-state index contributed by atoms with van der Waals surface area (Å²) in [6, 6.07) is 10.6. The molecule has 3 rings (SSSR count). The van der Waals surface area contributed by atoms with Gasteiger partial charge in [0.05, 0.1) is 12.8 Å². The summed E-state index contributed by atoms with van der Waals surface area (Å²) in [5.74, 6) is 0.845. The van der Waals surface area contributed by atoms with Crippen LogP contribution in [0.25, 0.3) is 16.6 Å². The first kappa shape index (κ1) is 20.2. The van der Waals surface area contributed by atoms with Crippen LogP contribution >= 0.6 is 0 Å². The number of pyridine rings is 1. The molecule has 2 heterocycles. The van der Waals surface area contributed by atoms with Crippen molar-refractivity contribution >= 4 is 11.8 Å². The van der Waals surface area contributed by atoms with E-state index in [9.17, 15) is 4.79 Å². The Bertz CT molecular complexity index is 1040. The first-order chi connectivity index (χ1) is 13.0. The molecular formula is C25H31NO2. The van der Waals surface area contributed by atoms with Gasteiger partial charge in [-0.2, -0.15) is 0 Å². The molecule has 0 saturated heterocycles. The maximum atomic E-state index is 12.1. The molecule has 3 nitrogen and oxygen atoms in total. The summed E-state index contributed by atoms with van der Waals surface area (Å²) >= 11 is 0. The molecule has 0 saturated carbocycles. The lowest BCUT2D eigenvalue weighted by Crippen LogP contribution is -2.18. The number of aromatic nitrogens is 1. The van der Waals surface area contributed by atoms with Crippen molar-refractivity contribution in [3.8, 4) is 16.9 Å². The Balaban J connectivity index is 2.46. The third-order valence-corrected chi connectivity index (χ3v) is 5.43. The number of aryl methyl sites for hydroxylation is 1. The number of benzene rings is 1. The van der Waals surface area contributed by atoms with Crippen molar-refractivity contribution in [2.75, 3.05) is 7.11 Å². The van der Waals surface area contributed by atoms with Crippen LogP contribution in [-0.2, 0) is 10.8 Å². The van der Waals surface area contributed by atoms with E-state index in [-0.39, 0.29) is 10.8 Å². The third-order valence-electron chi connectivity index (χ3n) is 5.43. The van der Waals surface area contributed by atoms with E-state index in [0.717, 1.165) is 39.8 Å². The van der Waals surface area contributed by atoms with Gasteiger partial charge >= 0.3 is 0 Å². The van der Waals surface area contributed by atoms with Gasteiger partial charge in [0.25, 0.3) is 0 Å². The summed E-state index contributed by atoms with van der Waals surface area (Å²) in [4.78, 5) is 12.1. The Hall–Kier alpha value is -2.55.